The average Bonchev–Trinajstić information content (AvgIpc) is 3.21. The molecule has 34 heavy (non-hydrogen) atoms. The number of nitrogens with zero attached hydrogens (tertiary/aromatic N) is 3. The third kappa shape index (κ3) is 6.05. The van der Waals surface area contributed by atoms with Gasteiger partial charge in [-0.15, -0.1) is 10.2 Å². The zero-order valence-electron chi connectivity index (χ0n) is 20.7. The number of aromatic nitrogens is 3. The van der Waals surface area contributed by atoms with E-state index in [-0.39, 0.29) is 29.5 Å². The van der Waals surface area contributed by atoms with Gasteiger partial charge in [0.25, 0.3) is 5.91 Å². The maximum absolute atomic E-state index is 12.9. The van der Waals surface area contributed by atoms with Gasteiger partial charge in [0.15, 0.2) is 11.0 Å². The van der Waals surface area contributed by atoms with E-state index in [4.69, 9.17) is 0 Å². The predicted octanol–water partition coefficient (Wildman–Crippen LogP) is 5.08. The Labute approximate surface area is 205 Å². The van der Waals surface area contributed by atoms with Crippen molar-refractivity contribution < 1.29 is 9.59 Å². The molecule has 0 aliphatic heterocycles. The van der Waals surface area contributed by atoms with Crippen molar-refractivity contribution in [2.75, 3.05) is 11.1 Å². The number of carbonyl (C=O) groups is 2. The van der Waals surface area contributed by atoms with Crippen LogP contribution in [0.1, 0.15) is 59.7 Å². The Kier molecular flexibility index (Phi) is 8.50. The maximum Gasteiger partial charge on any atom is 0.251 e. The number of carbonyl (C=O) groups excluding carboxylic acids is 2. The van der Waals surface area contributed by atoms with Crippen molar-refractivity contribution in [1.82, 2.24) is 20.1 Å². The Morgan fingerprint density at radius 2 is 1.65 bits per heavy atom. The lowest BCUT2D eigenvalue weighted by Gasteiger charge is -2.22. The number of thioether (sulfide) groups is 1. The molecule has 0 spiro atoms. The summed E-state index contributed by atoms with van der Waals surface area (Å²) in [4.78, 5) is 25.5. The molecular weight excluding hydrogens is 446 g/mol. The molecule has 2 amide bonds. The smallest absolute Gasteiger partial charge is 0.251 e. The van der Waals surface area contributed by atoms with E-state index in [0.717, 1.165) is 22.4 Å². The molecule has 0 fully saturated rings. The van der Waals surface area contributed by atoms with Crippen LogP contribution in [0.3, 0.4) is 0 Å². The molecule has 2 aromatic carbocycles. The highest BCUT2D eigenvalue weighted by Gasteiger charge is 2.26. The molecule has 0 unspecified atom stereocenters. The summed E-state index contributed by atoms with van der Waals surface area (Å²) in [6.45, 7) is 12.7. The number of anilines is 1. The van der Waals surface area contributed by atoms with Gasteiger partial charge in [-0.25, -0.2) is 0 Å². The molecule has 1 aromatic heterocycles. The minimum absolute atomic E-state index is 0.0947. The normalized spacial score (nSPS) is 12.0. The van der Waals surface area contributed by atoms with Crippen molar-refractivity contribution in [3.63, 3.8) is 0 Å². The molecule has 0 aliphatic carbocycles. The summed E-state index contributed by atoms with van der Waals surface area (Å²) in [5.74, 6) is 0.771. The van der Waals surface area contributed by atoms with E-state index in [1.54, 1.807) is 0 Å². The molecule has 0 bridgehead atoms. The number of hydrogen-bond donors (Lipinski definition) is 2. The summed E-state index contributed by atoms with van der Waals surface area (Å²) in [7, 11) is 0. The van der Waals surface area contributed by atoms with Crippen molar-refractivity contribution in [3.8, 4) is 0 Å². The molecule has 3 aromatic rings. The number of hydrogen-bond acceptors (Lipinski definition) is 5. The summed E-state index contributed by atoms with van der Waals surface area (Å²) in [6, 6.07) is 13.1. The summed E-state index contributed by atoms with van der Waals surface area (Å²) in [5, 5.41) is 15.5. The second-order valence-corrected chi connectivity index (χ2v) is 9.69. The number of para-hydroxylation sites is 1. The number of benzene rings is 2. The first kappa shape index (κ1) is 25.5. The zero-order valence-corrected chi connectivity index (χ0v) is 21.5. The van der Waals surface area contributed by atoms with Gasteiger partial charge in [0.2, 0.25) is 5.91 Å². The van der Waals surface area contributed by atoms with Crippen LogP contribution in [0, 0.1) is 26.7 Å². The van der Waals surface area contributed by atoms with E-state index >= 15 is 0 Å². The number of amides is 2. The largest absolute Gasteiger partial charge is 0.342 e. The van der Waals surface area contributed by atoms with Crippen molar-refractivity contribution in [1.29, 1.82) is 0 Å². The quantitative estimate of drug-likeness (QED) is 0.418. The Morgan fingerprint density at radius 1 is 1.00 bits per heavy atom. The maximum atomic E-state index is 12.9. The third-order valence-electron chi connectivity index (χ3n) is 5.68. The van der Waals surface area contributed by atoms with E-state index in [1.807, 2.05) is 88.6 Å². The van der Waals surface area contributed by atoms with E-state index < -0.39 is 0 Å². The molecule has 0 saturated carbocycles. The van der Waals surface area contributed by atoms with Gasteiger partial charge in [-0.2, -0.15) is 0 Å². The molecule has 2 N–H and O–H groups in total. The molecule has 1 atom stereocenters. The lowest BCUT2D eigenvalue weighted by molar-refractivity contribution is -0.113. The van der Waals surface area contributed by atoms with Gasteiger partial charge >= 0.3 is 0 Å². The molecule has 8 heteroatoms. The van der Waals surface area contributed by atoms with Crippen LogP contribution in [0.25, 0.3) is 0 Å². The van der Waals surface area contributed by atoms with Crippen molar-refractivity contribution in [3.05, 3.63) is 70.5 Å². The van der Waals surface area contributed by atoms with Gasteiger partial charge in [0.05, 0.1) is 11.8 Å². The lowest BCUT2D eigenvalue weighted by atomic mass is 10.0. The first-order chi connectivity index (χ1) is 16.2. The van der Waals surface area contributed by atoms with Gasteiger partial charge in [0, 0.05) is 17.8 Å². The second-order valence-electron chi connectivity index (χ2n) is 8.75. The van der Waals surface area contributed by atoms with Crippen LogP contribution in [-0.2, 0) is 11.3 Å². The number of nitrogens with one attached hydrogen (secondary N) is 2. The SMILES string of the molecule is CCn1c(SCC(=O)Nc2c(C)cccc2C)nnc1[C@@H](NC(=O)c1ccc(C)cc1)C(C)C. The third-order valence-corrected chi connectivity index (χ3v) is 6.65. The first-order valence-electron chi connectivity index (χ1n) is 11.5. The Balaban J connectivity index is 1.72. The van der Waals surface area contributed by atoms with Crippen LogP contribution in [0.4, 0.5) is 5.69 Å². The van der Waals surface area contributed by atoms with Crippen LogP contribution in [0.15, 0.2) is 47.6 Å². The van der Waals surface area contributed by atoms with Gasteiger partial charge in [-0.1, -0.05) is 61.5 Å². The minimum atomic E-state index is -0.306. The zero-order chi connectivity index (χ0) is 24.8. The predicted molar refractivity (Wildman–Crippen MR) is 137 cm³/mol. The highest BCUT2D eigenvalue weighted by atomic mass is 32.2. The topological polar surface area (TPSA) is 88.9 Å². The molecule has 180 valence electrons. The fourth-order valence-electron chi connectivity index (χ4n) is 3.71. The van der Waals surface area contributed by atoms with Gasteiger partial charge < -0.3 is 15.2 Å². The van der Waals surface area contributed by atoms with Crippen LogP contribution in [0.5, 0.6) is 0 Å². The summed E-state index contributed by atoms with van der Waals surface area (Å²) < 4.78 is 1.97. The standard InChI is InChI=1S/C26H33N5O2S/c1-7-31-24(22(16(2)3)28-25(33)20-13-11-17(4)12-14-20)29-30-26(31)34-15-21(32)27-23-18(5)9-8-10-19(23)6/h8-14,16,22H,7,15H2,1-6H3,(H,27,32)(H,28,33)/t22-/m0/s1. The molecule has 3 rings (SSSR count). The number of aryl methyl sites for hydroxylation is 3. The van der Waals surface area contributed by atoms with Crippen LogP contribution in [-0.4, -0.2) is 32.3 Å². The van der Waals surface area contributed by atoms with Crippen molar-refractivity contribution >= 4 is 29.3 Å². The molecular formula is C26H33N5O2S. The fraction of sp³-hybridized carbons (Fsp3) is 0.385. The number of rotatable bonds is 9. The molecule has 1 heterocycles. The van der Waals surface area contributed by atoms with Gasteiger partial charge in [-0.05, 0) is 56.9 Å². The monoisotopic (exact) mass is 479 g/mol. The minimum Gasteiger partial charge on any atom is -0.342 e. The molecule has 0 aliphatic rings. The first-order valence-corrected chi connectivity index (χ1v) is 12.5. The average molecular weight is 480 g/mol. The molecule has 7 nitrogen and oxygen atoms in total. The van der Waals surface area contributed by atoms with E-state index in [0.29, 0.717) is 23.1 Å². The van der Waals surface area contributed by atoms with E-state index in [9.17, 15) is 9.59 Å². The highest BCUT2D eigenvalue weighted by Crippen LogP contribution is 2.26. The molecule has 0 radical (unpaired) electrons. The van der Waals surface area contributed by atoms with Crippen molar-refractivity contribution in [2.24, 2.45) is 5.92 Å². The summed E-state index contributed by atoms with van der Waals surface area (Å²) in [5.41, 5.74) is 4.62. The Hall–Kier alpha value is -3.13. The van der Waals surface area contributed by atoms with Crippen LogP contribution < -0.4 is 10.6 Å². The molecule has 0 saturated heterocycles. The lowest BCUT2D eigenvalue weighted by Crippen LogP contribution is -2.33. The Bertz CT molecular complexity index is 1130. The van der Waals surface area contributed by atoms with Crippen LogP contribution in [0.2, 0.25) is 0 Å². The van der Waals surface area contributed by atoms with Crippen LogP contribution >= 0.6 is 11.8 Å². The van der Waals surface area contributed by atoms with E-state index in [1.165, 1.54) is 11.8 Å². The van der Waals surface area contributed by atoms with Gasteiger partial charge in [-0.3, -0.25) is 9.59 Å². The highest BCUT2D eigenvalue weighted by molar-refractivity contribution is 7.99. The summed E-state index contributed by atoms with van der Waals surface area (Å²) in [6.07, 6.45) is 0. The summed E-state index contributed by atoms with van der Waals surface area (Å²) >= 11 is 1.34. The fourth-order valence-corrected chi connectivity index (χ4v) is 4.52. The Morgan fingerprint density at radius 3 is 2.24 bits per heavy atom. The van der Waals surface area contributed by atoms with E-state index in [2.05, 4.69) is 20.8 Å². The van der Waals surface area contributed by atoms with Gasteiger partial charge in [0.1, 0.15) is 0 Å². The second kappa shape index (κ2) is 11.3. The van der Waals surface area contributed by atoms with Crippen molar-refractivity contribution in [2.45, 2.75) is 59.3 Å².